The Hall–Kier alpha value is -0.670. The molecule has 0 unspecified atom stereocenters. The van der Waals surface area contributed by atoms with E-state index in [0.717, 1.165) is 10.2 Å². The van der Waals surface area contributed by atoms with E-state index in [1.54, 1.807) is 11.3 Å². The molecule has 13 heavy (non-hydrogen) atoms. The Bertz CT molecular complexity index is 436. The average Bonchev–Trinajstić information content (AvgIpc) is 2.49. The summed E-state index contributed by atoms with van der Waals surface area (Å²) in [4.78, 5) is 9.13. The Labute approximate surface area is 85.6 Å². The molecular weight excluding hydrogens is 204 g/mol. The average molecular weight is 213 g/mol. The summed E-state index contributed by atoms with van der Waals surface area (Å²) in [6.45, 7) is 4.29. The van der Waals surface area contributed by atoms with E-state index in [2.05, 4.69) is 29.2 Å². The second-order valence-corrected chi connectivity index (χ2v) is 4.41. The smallest absolute Gasteiger partial charge is 0.141 e. The molecule has 2 rings (SSSR count). The lowest BCUT2D eigenvalue weighted by atomic mass is 10.1. The fourth-order valence-electron chi connectivity index (χ4n) is 1.28. The summed E-state index contributed by atoms with van der Waals surface area (Å²) >= 11 is 7.62. The monoisotopic (exact) mass is 212 g/mol. The molecule has 0 N–H and O–H groups in total. The molecule has 0 amide bonds. The highest BCUT2D eigenvalue weighted by Crippen LogP contribution is 2.33. The Morgan fingerprint density at radius 2 is 2.15 bits per heavy atom. The van der Waals surface area contributed by atoms with Crippen molar-refractivity contribution < 1.29 is 0 Å². The molecule has 0 spiro atoms. The van der Waals surface area contributed by atoms with Gasteiger partial charge in [0.2, 0.25) is 0 Å². The van der Waals surface area contributed by atoms with E-state index in [-0.39, 0.29) is 0 Å². The van der Waals surface area contributed by atoms with Gasteiger partial charge < -0.3 is 0 Å². The first-order valence-electron chi connectivity index (χ1n) is 4.07. The number of rotatable bonds is 1. The van der Waals surface area contributed by atoms with Crippen LogP contribution in [0.5, 0.6) is 0 Å². The number of thiophene rings is 1. The Morgan fingerprint density at radius 3 is 2.85 bits per heavy atom. The molecule has 0 saturated heterocycles. The first-order valence-corrected chi connectivity index (χ1v) is 5.33. The minimum atomic E-state index is 0.470. The molecular formula is C9H9ClN2S. The summed E-state index contributed by atoms with van der Waals surface area (Å²) in [6.07, 6.45) is 1.51. The normalized spacial score (nSPS) is 11.4. The Kier molecular flexibility index (Phi) is 2.22. The molecule has 0 aliphatic rings. The lowest BCUT2D eigenvalue weighted by Crippen LogP contribution is -1.87. The molecule has 2 aromatic rings. The van der Waals surface area contributed by atoms with Crippen molar-refractivity contribution in [2.24, 2.45) is 0 Å². The number of fused-ring (bicyclic) bond motifs is 1. The van der Waals surface area contributed by atoms with Gasteiger partial charge in [0.05, 0.1) is 5.39 Å². The van der Waals surface area contributed by atoms with Gasteiger partial charge in [-0.2, -0.15) is 0 Å². The van der Waals surface area contributed by atoms with Crippen LogP contribution >= 0.6 is 22.9 Å². The van der Waals surface area contributed by atoms with Gasteiger partial charge in [-0.1, -0.05) is 25.4 Å². The summed E-state index contributed by atoms with van der Waals surface area (Å²) in [5, 5.41) is 3.69. The van der Waals surface area contributed by atoms with Crippen molar-refractivity contribution in [3.63, 3.8) is 0 Å². The molecule has 0 aliphatic heterocycles. The minimum Gasteiger partial charge on any atom is -0.225 e. The quantitative estimate of drug-likeness (QED) is 0.677. The second kappa shape index (κ2) is 3.24. The third-order valence-corrected chi connectivity index (χ3v) is 3.17. The van der Waals surface area contributed by atoms with E-state index in [1.165, 1.54) is 11.9 Å². The third-order valence-electron chi connectivity index (χ3n) is 1.97. The van der Waals surface area contributed by atoms with Crippen molar-refractivity contribution in [3.8, 4) is 0 Å². The van der Waals surface area contributed by atoms with Crippen LogP contribution in [0.15, 0.2) is 11.7 Å². The van der Waals surface area contributed by atoms with Crippen LogP contribution < -0.4 is 0 Å². The maximum absolute atomic E-state index is 6.00. The van der Waals surface area contributed by atoms with Gasteiger partial charge in [0.1, 0.15) is 16.3 Å². The predicted octanol–water partition coefficient (Wildman–Crippen LogP) is 3.47. The van der Waals surface area contributed by atoms with Crippen molar-refractivity contribution >= 4 is 33.2 Å². The fourth-order valence-corrected chi connectivity index (χ4v) is 2.65. The summed E-state index contributed by atoms with van der Waals surface area (Å²) < 4.78 is 0. The summed E-state index contributed by atoms with van der Waals surface area (Å²) in [6, 6.07) is 0. The second-order valence-electron chi connectivity index (χ2n) is 3.19. The molecule has 0 radical (unpaired) electrons. The zero-order chi connectivity index (χ0) is 9.42. The van der Waals surface area contributed by atoms with E-state index in [1.807, 2.05) is 0 Å². The number of hydrogen-bond acceptors (Lipinski definition) is 3. The highest BCUT2D eigenvalue weighted by atomic mass is 35.5. The maximum Gasteiger partial charge on any atom is 0.141 e. The van der Waals surface area contributed by atoms with Crippen LogP contribution in [-0.4, -0.2) is 9.97 Å². The summed E-state index contributed by atoms with van der Waals surface area (Å²) in [5.74, 6) is 0.470. The number of nitrogens with zero attached hydrogens (tertiary/aromatic N) is 2. The molecule has 4 heteroatoms. The first-order chi connectivity index (χ1) is 6.20. The molecule has 0 bridgehead atoms. The molecule has 2 aromatic heterocycles. The van der Waals surface area contributed by atoms with Crippen molar-refractivity contribution in [1.29, 1.82) is 0 Å². The van der Waals surface area contributed by atoms with Gasteiger partial charge in [0.15, 0.2) is 0 Å². The van der Waals surface area contributed by atoms with Crippen molar-refractivity contribution in [2.45, 2.75) is 19.8 Å². The topological polar surface area (TPSA) is 25.8 Å². The minimum absolute atomic E-state index is 0.470. The van der Waals surface area contributed by atoms with E-state index >= 15 is 0 Å². The molecule has 68 valence electrons. The Morgan fingerprint density at radius 1 is 1.38 bits per heavy atom. The van der Waals surface area contributed by atoms with E-state index in [4.69, 9.17) is 11.6 Å². The third kappa shape index (κ3) is 1.42. The molecule has 0 saturated carbocycles. The van der Waals surface area contributed by atoms with Crippen LogP contribution in [-0.2, 0) is 0 Å². The molecule has 0 aromatic carbocycles. The van der Waals surface area contributed by atoms with Crippen LogP contribution in [0.2, 0.25) is 5.15 Å². The summed E-state index contributed by atoms with van der Waals surface area (Å²) in [7, 11) is 0. The predicted molar refractivity (Wildman–Crippen MR) is 56.5 cm³/mol. The van der Waals surface area contributed by atoms with Gasteiger partial charge in [0, 0.05) is 0 Å². The highest BCUT2D eigenvalue weighted by molar-refractivity contribution is 7.17. The zero-order valence-electron chi connectivity index (χ0n) is 7.41. The molecule has 2 nitrogen and oxygen atoms in total. The van der Waals surface area contributed by atoms with Gasteiger partial charge in [-0.3, -0.25) is 0 Å². The van der Waals surface area contributed by atoms with Crippen LogP contribution in [0.25, 0.3) is 10.2 Å². The van der Waals surface area contributed by atoms with E-state index < -0.39 is 0 Å². The molecule has 0 atom stereocenters. The van der Waals surface area contributed by atoms with Gasteiger partial charge in [-0.25, -0.2) is 9.97 Å². The van der Waals surface area contributed by atoms with E-state index in [9.17, 15) is 0 Å². The van der Waals surface area contributed by atoms with Gasteiger partial charge in [0.25, 0.3) is 0 Å². The van der Waals surface area contributed by atoms with Gasteiger partial charge in [-0.05, 0) is 16.9 Å². The maximum atomic E-state index is 6.00. The highest BCUT2D eigenvalue weighted by Gasteiger charge is 2.11. The Balaban J connectivity index is 2.79. The number of hydrogen-bond donors (Lipinski definition) is 0. The largest absolute Gasteiger partial charge is 0.225 e. The lowest BCUT2D eigenvalue weighted by Gasteiger charge is -2.02. The number of aromatic nitrogens is 2. The molecule has 0 fully saturated rings. The SMILES string of the molecule is CC(C)c1csc2ncnc(Cl)c12. The zero-order valence-corrected chi connectivity index (χ0v) is 8.99. The van der Waals surface area contributed by atoms with Crippen LogP contribution in [0, 0.1) is 0 Å². The molecule has 2 heterocycles. The first kappa shape index (κ1) is 8.91. The standard InChI is InChI=1S/C9H9ClN2S/c1-5(2)6-3-13-9-7(6)8(10)11-4-12-9/h3-5H,1-2H3. The van der Waals surface area contributed by atoms with Crippen LogP contribution in [0.1, 0.15) is 25.3 Å². The van der Waals surface area contributed by atoms with E-state index in [0.29, 0.717) is 11.1 Å². The van der Waals surface area contributed by atoms with Crippen molar-refractivity contribution in [3.05, 3.63) is 22.4 Å². The van der Waals surface area contributed by atoms with Crippen LogP contribution in [0.4, 0.5) is 0 Å². The van der Waals surface area contributed by atoms with Gasteiger partial charge >= 0.3 is 0 Å². The fraction of sp³-hybridized carbons (Fsp3) is 0.333. The van der Waals surface area contributed by atoms with Crippen molar-refractivity contribution in [2.75, 3.05) is 0 Å². The lowest BCUT2D eigenvalue weighted by molar-refractivity contribution is 0.879. The van der Waals surface area contributed by atoms with Crippen molar-refractivity contribution in [1.82, 2.24) is 9.97 Å². The van der Waals surface area contributed by atoms with Gasteiger partial charge in [-0.15, -0.1) is 11.3 Å². The number of halogens is 1. The molecule has 0 aliphatic carbocycles. The van der Waals surface area contributed by atoms with Crippen LogP contribution in [0.3, 0.4) is 0 Å². The summed E-state index contributed by atoms with van der Waals surface area (Å²) in [5.41, 5.74) is 1.24.